The lowest BCUT2D eigenvalue weighted by molar-refractivity contribution is -0.138. The minimum Gasteiger partial charge on any atom is -0.379 e. The number of rotatable bonds is 6. The van der Waals surface area contributed by atoms with Crippen molar-refractivity contribution in [1.29, 1.82) is 0 Å². The molecule has 10 nitrogen and oxygen atoms in total. The number of likely N-dealkylation sites (tertiary alicyclic amines) is 1. The molecule has 3 N–H and O–H groups in total. The topological polar surface area (TPSA) is 123 Å². The SMILES string of the molecule is O=C(NCc1n[nH]c(=O)[nH]1)[C@H]1CCC(=O)N(CCN2CCOCC2)C1. The van der Waals surface area contributed by atoms with Crippen molar-refractivity contribution < 1.29 is 14.3 Å². The summed E-state index contributed by atoms with van der Waals surface area (Å²) in [4.78, 5) is 42.0. The number of piperidine rings is 1. The largest absolute Gasteiger partial charge is 0.379 e. The Morgan fingerprint density at radius 2 is 2.08 bits per heavy atom. The van der Waals surface area contributed by atoms with Crippen molar-refractivity contribution in [3.8, 4) is 0 Å². The number of nitrogens with zero attached hydrogens (tertiary/aromatic N) is 3. The van der Waals surface area contributed by atoms with E-state index in [4.69, 9.17) is 4.74 Å². The fraction of sp³-hybridized carbons (Fsp3) is 0.733. The molecule has 3 rings (SSSR count). The van der Waals surface area contributed by atoms with Crippen LogP contribution in [0, 0.1) is 5.92 Å². The summed E-state index contributed by atoms with van der Waals surface area (Å²) >= 11 is 0. The quantitative estimate of drug-likeness (QED) is 0.560. The summed E-state index contributed by atoms with van der Waals surface area (Å²) in [5.41, 5.74) is -0.401. The standard InChI is InChI=1S/C15H24N6O4/c22-13-2-1-11(14(23)16-9-12-17-15(24)19-18-12)10-21(13)4-3-20-5-7-25-8-6-20/h11H,1-10H2,(H,16,23)(H2,17,18,19,24)/t11-/m0/s1. The lowest BCUT2D eigenvalue weighted by atomic mass is 9.96. The Bertz CT molecular complexity index is 650. The summed E-state index contributed by atoms with van der Waals surface area (Å²) in [5.74, 6) is 0.143. The van der Waals surface area contributed by atoms with E-state index < -0.39 is 5.69 Å². The average Bonchev–Trinajstić information content (AvgIpc) is 3.05. The van der Waals surface area contributed by atoms with E-state index in [1.807, 2.05) is 0 Å². The highest BCUT2D eigenvalue weighted by molar-refractivity contribution is 5.83. The molecule has 0 aromatic carbocycles. The van der Waals surface area contributed by atoms with Gasteiger partial charge in [0.05, 0.1) is 25.7 Å². The van der Waals surface area contributed by atoms with Crippen molar-refractivity contribution in [2.45, 2.75) is 19.4 Å². The van der Waals surface area contributed by atoms with Gasteiger partial charge in [-0.25, -0.2) is 9.89 Å². The van der Waals surface area contributed by atoms with E-state index >= 15 is 0 Å². The zero-order valence-electron chi connectivity index (χ0n) is 14.1. The summed E-state index contributed by atoms with van der Waals surface area (Å²) in [6.07, 6.45) is 0.941. The maximum atomic E-state index is 12.3. The lowest BCUT2D eigenvalue weighted by Crippen LogP contribution is -2.49. The Labute approximate surface area is 144 Å². The number of ether oxygens (including phenoxy) is 1. The number of hydrogen-bond donors (Lipinski definition) is 3. The number of morpholine rings is 1. The van der Waals surface area contributed by atoms with Crippen molar-refractivity contribution in [1.82, 2.24) is 30.3 Å². The molecule has 2 aliphatic rings. The van der Waals surface area contributed by atoms with Crippen LogP contribution >= 0.6 is 0 Å². The second kappa shape index (κ2) is 8.26. The molecule has 2 amide bonds. The van der Waals surface area contributed by atoms with Crippen LogP contribution in [0.2, 0.25) is 0 Å². The van der Waals surface area contributed by atoms with Crippen LogP contribution in [0.3, 0.4) is 0 Å². The van der Waals surface area contributed by atoms with Crippen LogP contribution < -0.4 is 11.0 Å². The summed E-state index contributed by atoms with van der Waals surface area (Å²) in [6.45, 7) is 5.26. The fourth-order valence-corrected chi connectivity index (χ4v) is 3.14. The fourth-order valence-electron chi connectivity index (χ4n) is 3.14. The van der Waals surface area contributed by atoms with E-state index in [-0.39, 0.29) is 24.3 Å². The zero-order valence-corrected chi connectivity index (χ0v) is 14.1. The maximum Gasteiger partial charge on any atom is 0.340 e. The van der Waals surface area contributed by atoms with Gasteiger partial charge in [-0.05, 0) is 6.42 Å². The van der Waals surface area contributed by atoms with Gasteiger partial charge >= 0.3 is 5.69 Å². The monoisotopic (exact) mass is 352 g/mol. The predicted molar refractivity (Wildman–Crippen MR) is 87.6 cm³/mol. The molecule has 1 aromatic rings. The predicted octanol–water partition coefficient (Wildman–Crippen LogP) is -1.71. The van der Waals surface area contributed by atoms with Gasteiger partial charge in [0.2, 0.25) is 11.8 Å². The van der Waals surface area contributed by atoms with E-state index in [0.29, 0.717) is 31.8 Å². The van der Waals surface area contributed by atoms with Crippen LogP contribution in [0.1, 0.15) is 18.7 Å². The molecule has 25 heavy (non-hydrogen) atoms. The first kappa shape index (κ1) is 17.6. The first-order valence-corrected chi connectivity index (χ1v) is 8.61. The van der Waals surface area contributed by atoms with E-state index in [2.05, 4.69) is 25.4 Å². The molecule has 0 aliphatic carbocycles. The lowest BCUT2D eigenvalue weighted by Gasteiger charge is -2.34. The smallest absolute Gasteiger partial charge is 0.340 e. The molecule has 0 spiro atoms. The van der Waals surface area contributed by atoms with Gasteiger partial charge in [0.1, 0.15) is 5.82 Å². The van der Waals surface area contributed by atoms with Crippen molar-refractivity contribution >= 4 is 11.8 Å². The summed E-state index contributed by atoms with van der Waals surface area (Å²) in [7, 11) is 0. The number of aromatic nitrogens is 3. The number of amides is 2. The van der Waals surface area contributed by atoms with Gasteiger partial charge in [-0.3, -0.25) is 19.5 Å². The molecule has 2 saturated heterocycles. The van der Waals surface area contributed by atoms with E-state index in [1.165, 1.54) is 0 Å². The molecule has 2 fully saturated rings. The third kappa shape index (κ3) is 4.89. The van der Waals surface area contributed by atoms with Gasteiger partial charge in [-0.2, -0.15) is 5.10 Å². The Morgan fingerprint density at radius 1 is 1.28 bits per heavy atom. The number of carbonyl (C=O) groups excluding carboxylic acids is 2. The molecule has 0 bridgehead atoms. The van der Waals surface area contributed by atoms with E-state index in [0.717, 1.165) is 32.8 Å². The van der Waals surface area contributed by atoms with Crippen molar-refractivity contribution in [3.05, 3.63) is 16.3 Å². The van der Waals surface area contributed by atoms with Gasteiger partial charge in [0.15, 0.2) is 0 Å². The van der Waals surface area contributed by atoms with Crippen LogP contribution in [0.25, 0.3) is 0 Å². The zero-order chi connectivity index (χ0) is 17.6. The molecule has 0 radical (unpaired) electrons. The van der Waals surface area contributed by atoms with Crippen LogP contribution in [-0.4, -0.2) is 82.7 Å². The van der Waals surface area contributed by atoms with Gasteiger partial charge in [-0.15, -0.1) is 0 Å². The Kier molecular flexibility index (Phi) is 5.82. The number of nitrogens with one attached hydrogen (secondary N) is 3. The molecule has 0 saturated carbocycles. The summed E-state index contributed by atoms with van der Waals surface area (Å²) < 4.78 is 5.32. The molecular weight excluding hydrogens is 328 g/mol. The van der Waals surface area contributed by atoms with Gasteiger partial charge in [-0.1, -0.05) is 0 Å². The normalized spacial score (nSPS) is 22.2. The highest BCUT2D eigenvalue weighted by atomic mass is 16.5. The van der Waals surface area contributed by atoms with Crippen molar-refractivity contribution in [3.63, 3.8) is 0 Å². The van der Waals surface area contributed by atoms with Crippen LogP contribution in [-0.2, 0) is 20.9 Å². The van der Waals surface area contributed by atoms with Crippen molar-refractivity contribution in [2.75, 3.05) is 45.9 Å². The highest BCUT2D eigenvalue weighted by Crippen LogP contribution is 2.18. The second-order valence-corrected chi connectivity index (χ2v) is 6.37. The molecule has 3 heterocycles. The van der Waals surface area contributed by atoms with Crippen molar-refractivity contribution in [2.24, 2.45) is 5.92 Å². The number of hydrogen-bond acceptors (Lipinski definition) is 6. The maximum absolute atomic E-state index is 12.3. The average molecular weight is 352 g/mol. The molecular formula is C15H24N6O4. The minimum absolute atomic E-state index is 0.106. The Balaban J connectivity index is 1.46. The molecule has 0 unspecified atom stereocenters. The minimum atomic E-state index is -0.401. The van der Waals surface area contributed by atoms with Gasteiger partial charge in [0, 0.05) is 39.1 Å². The number of H-pyrrole nitrogens is 2. The molecule has 138 valence electrons. The number of carbonyl (C=O) groups is 2. The Hall–Kier alpha value is -2.20. The van der Waals surface area contributed by atoms with Gasteiger partial charge in [0.25, 0.3) is 0 Å². The molecule has 1 atom stereocenters. The van der Waals surface area contributed by atoms with Crippen LogP contribution in [0.5, 0.6) is 0 Å². The van der Waals surface area contributed by atoms with Gasteiger partial charge < -0.3 is 15.0 Å². The number of aromatic amines is 2. The van der Waals surface area contributed by atoms with Crippen LogP contribution in [0.4, 0.5) is 0 Å². The van der Waals surface area contributed by atoms with Crippen LogP contribution in [0.15, 0.2) is 4.79 Å². The van der Waals surface area contributed by atoms with E-state index in [1.54, 1.807) is 4.90 Å². The first-order valence-electron chi connectivity index (χ1n) is 8.61. The molecule has 2 aliphatic heterocycles. The highest BCUT2D eigenvalue weighted by Gasteiger charge is 2.30. The third-order valence-corrected chi connectivity index (χ3v) is 4.64. The summed E-state index contributed by atoms with van der Waals surface area (Å²) in [5, 5.41) is 8.77. The molecule has 10 heteroatoms. The first-order chi connectivity index (χ1) is 12.1. The van der Waals surface area contributed by atoms with E-state index in [9.17, 15) is 14.4 Å². The Morgan fingerprint density at radius 3 is 2.80 bits per heavy atom. The molecule has 1 aromatic heterocycles. The summed E-state index contributed by atoms with van der Waals surface area (Å²) in [6, 6.07) is 0. The second-order valence-electron chi connectivity index (χ2n) is 6.37. The third-order valence-electron chi connectivity index (χ3n) is 4.64.